The third-order valence-corrected chi connectivity index (χ3v) is 5.43. The maximum absolute atomic E-state index is 12.9. The number of rotatable bonds is 2. The van der Waals surface area contributed by atoms with E-state index < -0.39 is 23.7 Å². The molecule has 0 spiro atoms. The van der Waals surface area contributed by atoms with Crippen molar-refractivity contribution in [1.82, 2.24) is 0 Å². The molecule has 0 amide bonds. The molecular formula is C20H16Cl2O8. The van der Waals surface area contributed by atoms with Crippen molar-refractivity contribution in [1.29, 1.82) is 0 Å². The molecule has 0 bridgehead atoms. The van der Waals surface area contributed by atoms with Crippen molar-refractivity contribution in [2.75, 3.05) is 7.11 Å². The van der Waals surface area contributed by atoms with E-state index in [0.29, 0.717) is 0 Å². The molecule has 0 unspecified atom stereocenters. The van der Waals surface area contributed by atoms with E-state index >= 15 is 0 Å². The molecule has 30 heavy (non-hydrogen) atoms. The number of benzene rings is 2. The molecule has 0 fully saturated rings. The second-order valence-corrected chi connectivity index (χ2v) is 7.25. The first-order chi connectivity index (χ1) is 14.0. The first-order valence-corrected chi connectivity index (χ1v) is 9.31. The van der Waals surface area contributed by atoms with Crippen LogP contribution in [0.3, 0.4) is 0 Å². The lowest BCUT2D eigenvalue weighted by Gasteiger charge is -2.19. The molecule has 0 atom stereocenters. The Labute approximate surface area is 181 Å². The van der Waals surface area contributed by atoms with Crippen LogP contribution in [0.15, 0.2) is 0 Å². The van der Waals surface area contributed by atoms with E-state index in [1.807, 2.05) is 0 Å². The molecule has 0 saturated carbocycles. The first-order valence-electron chi connectivity index (χ1n) is 8.55. The molecule has 1 aliphatic rings. The van der Waals surface area contributed by atoms with Gasteiger partial charge in [-0.3, -0.25) is 4.79 Å². The average molecular weight is 455 g/mol. The van der Waals surface area contributed by atoms with E-state index in [-0.39, 0.29) is 60.9 Å². The molecule has 2 aromatic carbocycles. The Bertz CT molecular complexity index is 1140. The van der Waals surface area contributed by atoms with Crippen molar-refractivity contribution < 1.29 is 38.4 Å². The van der Waals surface area contributed by atoms with Gasteiger partial charge in [0.05, 0.1) is 12.1 Å². The Balaban J connectivity index is 2.40. The number of phenolic OH excluding ortho intramolecular Hbond substituents is 1. The predicted molar refractivity (Wildman–Crippen MR) is 106 cm³/mol. The SMILES string of the molecule is COC(=O)c1c(C)c2c(c(C)c1OC(C)=O)OC(=O)c1c(C)c(Cl)c(O)c(Cl)c1O2. The zero-order valence-corrected chi connectivity index (χ0v) is 18.1. The summed E-state index contributed by atoms with van der Waals surface area (Å²) < 4.78 is 21.4. The Morgan fingerprint density at radius 2 is 1.53 bits per heavy atom. The Morgan fingerprint density at radius 3 is 2.10 bits per heavy atom. The van der Waals surface area contributed by atoms with Crippen LogP contribution in [0.5, 0.6) is 28.7 Å². The highest BCUT2D eigenvalue weighted by Gasteiger charge is 2.36. The van der Waals surface area contributed by atoms with Gasteiger partial charge in [0.15, 0.2) is 28.7 Å². The molecule has 3 rings (SSSR count). The molecule has 2 aromatic rings. The first kappa shape index (κ1) is 21.7. The Morgan fingerprint density at radius 1 is 0.933 bits per heavy atom. The van der Waals surface area contributed by atoms with Crippen LogP contribution in [0.2, 0.25) is 10.0 Å². The second kappa shape index (κ2) is 7.70. The number of phenols is 1. The van der Waals surface area contributed by atoms with Gasteiger partial charge in [-0.05, 0) is 26.3 Å². The van der Waals surface area contributed by atoms with Gasteiger partial charge in [-0.25, -0.2) is 9.59 Å². The zero-order valence-electron chi connectivity index (χ0n) is 16.6. The van der Waals surface area contributed by atoms with Gasteiger partial charge in [-0.1, -0.05) is 23.2 Å². The third-order valence-electron chi connectivity index (χ3n) is 4.61. The molecule has 0 aliphatic carbocycles. The summed E-state index contributed by atoms with van der Waals surface area (Å²) in [5.74, 6) is -3.23. The standard InChI is InChI=1S/C20H16Cl2O8/c1-6-10-18(13(22)14(24)12(6)21)29-16-7(2)11(19(25)27-5)15(28-9(4)23)8(3)17(16)30-20(10)26/h24H,1-5H3. The molecule has 0 aromatic heterocycles. The molecule has 158 valence electrons. The summed E-state index contributed by atoms with van der Waals surface area (Å²) in [5.41, 5.74) is 0.329. The van der Waals surface area contributed by atoms with Crippen LogP contribution < -0.4 is 14.2 Å². The fourth-order valence-corrected chi connectivity index (χ4v) is 3.60. The van der Waals surface area contributed by atoms with Gasteiger partial charge in [0.2, 0.25) is 0 Å². The van der Waals surface area contributed by atoms with Crippen molar-refractivity contribution in [3.63, 3.8) is 0 Å². The third kappa shape index (κ3) is 3.22. The van der Waals surface area contributed by atoms with Gasteiger partial charge in [0, 0.05) is 18.1 Å². The highest BCUT2D eigenvalue weighted by atomic mass is 35.5. The second-order valence-electron chi connectivity index (χ2n) is 6.49. The summed E-state index contributed by atoms with van der Waals surface area (Å²) in [5, 5.41) is 9.76. The maximum atomic E-state index is 12.9. The van der Waals surface area contributed by atoms with Gasteiger partial charge in [0.1, 0.15) is 16.1 Å². The number of ether oxygens (including phenoxy) is 4. The normalized spacial score (nSPS) is 12.2. The van der Waals surface area contributed by atoms with E-state index in [1.165, 1.54) is 20.8 Å². The van der Waals surface area contributed by atoms with Gasteiger partial charge < -0.3 is 24.1 Å². The summed E-state index contributed by atoms with van der Waals surface area (Å²) in [6, 6.07) is 0. The van der Waals surface area contributed by atoms with Crippen LogP contribution in [-0.4, -0.2) is 30.1 Å². The quantitative estimate of drug-likeness (QED) is 0.515. The van der Waals surface area contributed by atoms with E-state index in [0.717, 1.165) is 14.0 Å². The number of fused-ring (bicyclic) bond motifs is 2. The van der Waals surface area contributed by atoms with Crippen LogP contribution in [0.1, 0.15) is 44.3 Å². The number of aromatic hydroxyl groups is 1. The highest BCUT2D eigenvalue weighted by Crippen LogP contribution is 2.53. The van der Waals surface area contributed by atoms with Gasteiger partial charge in [-0.15, -0.1) is 0 Å². The van der Waals surface area contributed by atoms with Crippen LogP contribution >= 0.6 is 23.2 Å². The number of methoxy groups -OCH3 is 1. The molecular weight excluding hydrogens is 439 g/mol. The van der Waals surface area contributed by atoms with Crippen LogP contribution in [0, 0.1) is 20.8 Å². The summed E-state index contributed by atoms with van der Waals surface area (Å²) in [6.07, 6.45) is 0. The monoisotopic (exact) mass is 454 g/mol. The largest absolute Gasteiger partial charge is 0.505 e. The van der Waals surface area contributed by atoms with Gasteiger partial charge >= 0.3 is 17.9 Å². The lowest BCUT2D eigenvalue weighted by molar-refractivity contribution is -0.131. The smallest absolute Gasteiger partial charge is 0.347 e. The van der Waals surface area contributed by atoms with Crippen molar-refractivity contribution in [2.45, 2.75) is 27.7 Å². The Hall–Kier alpha value is -2.97. The molecule has 0 saturated heterocycles. The lowest BCUT2D eigenvalue weighted by atomic mass is 10.0. The van der Waals surface area contributed by atoms with Crippen molar-refractivity contribution in [2.24, 2.45) is 0 Å². The summed E-state index contributed by atoms with van der Waals surface area (Å²) in [4.78, 5) is 36.9. The molecule has 10 heteroatoms. The van der Waals surface area contributed by atoms with E-state index in [9.17, 15) is 19.5 Å². The van der Waals surface area contributed by atoms with Gasteiger partial charge in [0.25, 0.3) is 0 Å². The molecule has 1 aliphatic heterocycles. The minimum absolute atomic E-state index is 0.0288. The van der Waals surface area contributed by atoms with Crippen LogP contribution in [-0.2, 0) is 9.53 Å². The fourth-order valence-electron chi connectivity index (χ4n) is 3.14. The average Bonchev–Trinajstić information content (AvgIpc) is 2.85. The zero-order chi connectivity index (χ0) is 22.5. The van der Waals surface area contributed by atoms with Crippen LogP contribution in [0.4, 0.5) is 0 Å². The fraction of sp³-hybridized carbons (Fsp3) is 0.250. The van der Waals surface area contributed by atoms with E-state index in [2.05, 4.69) is 0 Å². The number of carbonyl (C=O) groups is 3. The van der Waals surface area contributed by atoms with Crippen LogP contribution in [0.25, 0.3) is 0 Å². The molecule has 1 N–H and O–H groups in total. The maximum Gasteiger partial charge on any atom is 0.347 e. The summed E-state index contributed by atoms with van der Waals surface area (Å²) >= 11 is 12.3. The molecule has 8 nitrogen and oxygen atoms in total. The predicted octanol–water partition coefficient (Wildman–Crippen LogP) is 4.66. The van der Waals surface area contributed by atoms with E-state index in [1.54, 1.807) is 0 Å². The number of esters is 3. The number of hydrogen-bond donors (Lipinski definition) is 1. The minimum Gasteiger partial charge on any atom is -0.505 e. The number of halogens is 2. The molecule has 0 radical (unpaired) electrons. The number of carbonyl (C=O) groups excluding carboxylic acids is 3. The van der Waals surface area contributed by atoms with Crippen molar-refractivity contribution in [3.8, 4) is 28.7 Å². The molecule has 1 heterocycles. The van der Waals surface area contributed by atoms with E-state index in [4.69, 9.17) is 42.1 Å². The number of hydrogen-bond acceptors (Lipinski definition) is 8. The topological polar surface area (TPSA) is 108 Å². The summed E-state index contributed by atoms with van der Waals surface area (Å²) in [7, 11) is 1.16. The van der Waals surface area contributed by atoms with Crippen molar-refractivity contribution in [3.05, 3.63) is 37.9 Å². The highest BCUT2D eigenvalue weighted by molar-refractivity contribution is 6.39. The lowest BCUT2D eigenvalue weighted by Crippen LogP contribution is -2.15. The minimum atomic E-state index is -0.854. The summed E-state index contributed by atoms with van der Waals surface area (Å²) in [6.45, 7) is 5.62. The Kier molecular flexibility index (Phi) is 5.58. The van der Waals surface area contributed by atoms with Gasteiger partial charge in [-0.2, -0.15) is 0 Å². The van der Waals surface area contributed by atoms with Crippen molar-refractivity contribution >= 4 is 41.1 Å².